The van der Waals surface area contributed by atoms with E-state index in [1.807, 2.05) is 31.2 Å². The quantitative estimate of drug-likeness (QED) is 0.692. The zero-order valence-corrected chi connectivity index (χ0v) is 20.1. The summed E-state index contributed by atoms with van der Waals surface area (Å²) in [7, 11) is 1.58. The van der Waals surface area contributed by atoms with Crippen LogP contribution in [0.1, 0.15) is 42.1 Å². The van der Waals surface area contributed by atoms with Crippen molar-refractivity contribution in [1.29, 1.82) is 0 Å². The molecule has 0 aromatic heterocycles. The van der Waals surface area contributed by atoms with E-state index in [2.05, 4.69) is 6.07 Å². The van der Waals surface area contributed by atoms with Crippen LogP contribution >= 0.6 is 0 Å². The zero-order valence-electron chi connectivity index (χ0n) is 20.1. The Labute approximate surface area is 201 Å². The molecule has 0 N–H and O–H groups in total. The van der Waals surface area contributed by atoms with E-state index in [0.29, 0.717) is 50.6 Å². The Kier molecular flexibility index (Phi) is 7.73. The van der Waals surface area contributed by atoms with Gasteiger partial charge >= 0.3 is 0 Å². The third-order valence-corrected chi connectivity index (χ3v) is 6.72. The van der Waals surface area contributed by atoms with Gasteiger partial charge in [-0.15, -0.1) is 0 Å². The number of hydrogen-bond donors (Lipinski definition) is 0. The van der Waals surface area contributed by atoms with E-state index in [1.54, 1.807) is 35.1 Å². The van der Waals surface area contributed by atoms with Crippen molar-refractivity contribution >= 4 is 11.8 Å². The van der Waals surface area contributed by atoms with Crippen LogP contribution in [-0.2, 0) is 16.0 Å². The van der Waals surface area contributed by atoms with E-state index < -0.39 is 5.60 Å². The average Bonchev–Trinajstić information content (AvgIpc) is 2.88. The summed E-state index contributed by atoms with van der Waals surface area (Å²) in [6, 6.07) is 15.2. The van der Waals surface area contributed by atoms with Crippen LogP contribution in [0.4, 0.5) is 0 Å². The predicted octanol–water partition coefficient (Wildman–Crippen LogP) is 3.56. The summed E-state index contributed by atoms with van der Waals surface area (Å²) >= 11 is 0. The van der Waals surface area contributed by atoms with Crippen molar-refractivity contribution in [2.24, 2.45) is 0 Å². The minimum atomic E-state index is -1.04. The molecule has 2 heterocycles. The SMILES string of the molecule is CCN1CCOc2ccccc2CCCCC2(CN(C(=O)c3cccc(OC)c3)CCO2)C1=O. The first-order valence-electron chi connectivity index (χ1n) is 12.1. The number of likely N-dealkylation sites (N-methyl/N-ethyl adjacent to an activating group) is 1. The van der Waals surface area contributed by atoms with Gasteiger partial charge in [-0.1, -0.05) is 24.3 Å². The Bertz CT molecular complexity index is 1010. The van der Waals surface area contributed by atoms with Gasteiger partial charge in [0.2, 0.25) is 0 Å². The van der Waals surface area contributed by atoms with Crippen LogP contribution < -0.4 is 9.47 Å². The molecule has 2 aromatic carbocycles. The van der Waals surface area contributed by atoms with E-state index in [1.165, 1.54) is 5.56 Å². The molecule has 2 aromatic rings. The number of carbonyl (C=O) groups is 2. The topological polar surface area (TPSA) is 68.3 Å². The van der Waals surface area contributed by atoms with Gasteiger partial charge in [0.1, 0.15) is 18.1 Å². The molecule has 4 rings (SSSR count). The fourth-order valence-corrected chi connectivity index (χ4v) is 4.82. The minimum absolute atomic E-state index is 0.0596. The van der Waals surface area contributed by atoms with Crippen molar-refractivity contribution in [1.82, 2.24) is 9.80 Å². The van der Waals surface area contributed by atoms with E-state index in [0.717, 1.165) is 25.0 Å². The molecular weight excluding hydrogens is 432 g/mol. The predicted molar refractivity (Wildman–Crippen MR) is 129 cm³/mol. The molecule has 0 aliphatic carbocycles. The van der Waals surface area contributed by atoms with Crippen molar-refractivity contribution in [2.75, 3.05) is 46.5 Å². The fraction of sp³-hybridized carbons (Fsp3) is 0.481. The van der Waals surface area contributed by atoms with Crippen LogP contribution in [0, 0.1) is 0 Å². The van der Waals surface area contributed by atoms with E-state index >= 15 is 0 Å². The number of nitrogens with zero attached hydrogens (tertiary/aromatic N) is 2. The molecular formula is C27H34N2O5. The standard InChI is InChI=1S/C27H34N2O5/c1-3-28-15-17-33-24-13-5-4-9-21(24)10-6-7-14-27(26(28)31)20-29(16-18-34-27)25(30)22-11-8-12-23(19-22)32-2/h4-5,8-9,11-13,19H,3,6-7,10,14-18,20H2,1-2H3. The number of benzene rings is 2. The van der Waals surface area contributed by atoms with Crippen molar-refractivity contribution < 1.29 is 23.8 Å². The molecule has 2 amide bonds. The summed E-state index contributed by atoms with van der Waals surface area (Å²) in [6.07, 6.45) is 3.19. The van der Waals surface area contributed by atoms with Crippen LogP contribution in [0.25, 0.3) is 0 Å². The molecule has 0 saturated carbocycles. The second-order valence-corrected chi connectivity index (χ2v) is 8.85. The molecule has 1 atom stereocenters. The minimum Gasteiger partial charge on any atom is -0.497 e. The number of amides is 2. The lowest BCUT2D eigenvalue weighted by Gasteiger charge is -2.44. The molecule has 1 fully saturated rings. The second-order valence-electron chi connectivity index (χ2n) is 8.85. The molecule has 2 aliphatic heterocycles. The van der Waals surface area contributed by atoms with Crippen molar-refractivity contribution in [3.63, 3.8) is 0 Å². The maximum atomic E-state index is 13.8. The van der Waals surface area contributed by atoms with Gasteiger partial charge in [-0.3, -0.25) is 9.59 Å². The summed E-state index contributed by atoms with van der Waals surface area (Å²) in [5, 5.41) is 0. The molecule has 1 unspecified atom stereocenters. The van der Waals surface area contributed by atoms with Crippen LogP contribution in [-0.4, -0.2) is 73.7 Å². The van der Waals surface area contributed by atoms with E-state index in [4.69, 9.17) is 14.2 Å². The summed E-state index contributed by atoms with van der Waals surface area (Å²) in [6.45, 7) is 4.44. The highest BCUT2D eigenvalue weighted by Gasteiger charge is 2.46. The van der Waals surface area contributed by atoms with Gasteiger partial charge in [0, 0.05) is 18.7 Å². The molecule has 2 aliphatic rings. The number of para-hydroxylation sites is 1. The van der Waals surface area contributed by atoms with Crippen LogP contribution in [0.3, 0.4) is 0 Å². The number of hydrogen-bond acceptors (Lipinski definition) is 5. The molecule has 7 nitrogen and oxygen atoms in total. The third-order valence-electron chi connectivity index (χ3n) is 6.72. The Morgan fingerprint density at radius 3 is 2.76 bits per heavy atom. The number of carbonyl (C=O) groups excluding carboxylic acids is 2. The Balaban J connectivity index is 1.56. The zero-order chi connectivity index (χ0) is 24.0. The van der Waals surface area contributed by atoms with E-state index in [9.17, 15) is 9.59 Å². The van der Waals surface area contributed by atoms with Gasteiger partial charge in [0.25, 0.3) is 11.8 Å². The van der Waals surface area contributed by atoms with Gasteiger partial charge in [0.15, 0.2) is 5.60 Å². The molecule has 1 saturated heterocycles. The number of methoxy groups -OCH3 is 1. The number of ether oxygens (including phenoxy) is 3. The molecule has 7 heteroatoms. The normalized spacial score (nSPS) is 21.8. The first kappa shape index (κ1) is 24.1. The highest BCUT2D eigenvalue weighted by molar-refractivity contribution is 5.95. The van der Waals surface area contributed by atoms with Gasteiger partial charge < -0.3 is 24.0 Å². The second kappa shape index (κ2) is 10.9. The number of aryl methyl sites for hydroxylation is 1. The summed E-state index contributed by atoms with van der Waals surface area (Å²) < 4.78 is 17.6. The van der Waals surface area contributed by atoms with Crippen LogP contribution in [0.5, 0.6) is 11.5 Å². The highest BCUT2D eigenvalue weighted by Crippen LogP contribution is 2.30. The number of morpholine rings is 1. The Hall–Kier alpha value is -3.06. The summed E-state index contributed by atoms with van der Waals surface area (Å²) in [5.41, 5.74) is 0.696. The van der Waals surface area contributed by atoms with E-state index in [-0.39, 0.29) is 18.4 Å². The first-order chi connectivity index (χ1) is 16.6. The number of fused-ring (bicyclic) bond motifs is 1. The van der Waals surface area contributed by atoms with Gasteiger partial charge in [-0.05, 0) is 62.4 Å². The van der Waals surface area contributed by atoms with Crippen molar-refractivity contribution in [3.05, 3.63) is 59.7 Å². The Morgan fingerprint density at radius 2 is 1.94 bits per heavy atom. The number of rotatable bonds is 3. The Morgan fingerprint density at radius 1 is 1.09 bits per heavy atom. The largest absolute Gasteiger partial charge is 0.497 e. The fourth-order valence-electron chi connectivity index (χ4n) is 4.82. The van der Waals surface area contributed by atoms with Gasteiger partial charge in [-0.25, -0.2) is 0 Å². The smallest absolute Gasteiger partial charge is 0.256 e. The average molecular weight is 467 g/mol. The third kappa shape index (κ3) is 5.20. The monoisotopic (exact) mass is 466 g/mol. The lowest BCUT2D eigenvalue weighted by molar-refractivity contribution is -0.170. The van der Waals surface area contributed by atoms with Crippen molar-refractivity contribution in [3.8, 4) is 11.5 Å². The van der Waals surface area contributed by atoms with Crippen LogP contribution in [0.15, 0.2) is 48.5 Å². The van der Waals surface area contributed by atoms with Gasteiger partial charge in [0.05, 0.1) is 26.8 Å². The first-order valence-corrected chi connectivity index (χ1v) is 12.1. The summed E-state index contributed by atoms with van der Waals surface area (Å²) in [4.78, 5) is 30.7. The van der Waals surface area contributed by atoms with Crippen molar-refractivity contribution in [2.45, 2.75) is 38.2 Å². The molecule has 0 bridgehead atoms. The molecule has 182 valence electrons. The lowest BCUT2D eigenvalue weighted by atomic mass is 9.90. The molecule has 34 heavy (non-hydrogen) atoms. The maximum absolute atomic E-state index is 13.8. The highest BCUT2D eigenvalue weighted by atomic mass is 16.5. The van der Waals surface area contributed by atoms with Gasteiger partial charge in [-0.2, -0.15) is 0 Å². The lowest BCUT2D eigenvalue weighted by Crippen LogP contribution is -2.62. The summed E-state index contributed by atoms with van der Waals surface area (Å²) in [5.74, 6) is 1.36. The molecule has 0 radical (unpaired) electrons. The molecule has 1 spiro atoms. The maximum Gasteiger partial charge on any atom is 0.256 e. The van der Waals surface area contributed by atoms with Crippen LogP contribution in [0.2, 0.25) is 0 Å².